The largest absolute Gasteiger partial charge is 0.481 e. The van der Waals surface area contributed by atoms with Gasteiger partial charge in [0.15, 0.2) is 0 Å². The average molecular weight is 225 g/mol. The van der Waals surface area contributed by atoms with Crippen molar-refractivity contribution in [2.45, 2.75) is 33.2 Å². The summed E-state index contributed by atoms with van der Waals surface area (Å²) in [6, 6.07) is 3.70. The highest BCUT2D eigenvalue weighted by molar-refractivity contribution is 5.73. The lowest BCUT2D eigenvalue weighted by Gasteiger charge is -2.24. The van der Waals surface area contributed by atoms with Gasteiger partial charge in [0, 0.05) is 0 Å². The zero-order valence-electron chi connectivity index (χ0n) is 10.2. The Morgan fingerprint density at radius 3 is 2.56 bits per heavy atom. The van der Waals surface area contributed by atoms with E-state index in [9.17, 15) is 4.79 Å². The van der Waals surface area contributed by atoms with E-state index >= 15 is 0 Å². The van der Waals surface area contributed by atoms with Gasteiger partial charge < -0.3 is 14.8 Å². The zero-order chi connectivity index (χ0) is 12.3. The van der Waals surface area contributed by atoms with E-state index in [1.54, 1.807) is 20.9 Å². The standard InChI is InChI=1S/C12H19NO3/c1-8-5-6-10(16-8)9(13-4)7-12(2,3)11(14)15/h5-6,9,13H,7H2,1-4H3,(H,14,15). The molecule has 0 aliphatic carbocycles. The molecule has 0 aliphatic heterocycles. The van der Waals surface area contributed by atoms with Gasteiger partial charge in [-0.2, -0.15) is 0 Å². The van der Waals surface area contributed by atoms with Gasteiger partial charge in [0.2, 0.25) is 0 Å². The van der Waals surface area contributed by atoms with Crippen LogP contribution in [-0.2, 0) is 4.79 Å². The lowest BCUT2D eigenvalue weighted by Crippen LogP contribution is -2.30. The molecule has 0 bridgehead atoms. The molecule has 0 aromatic carbocycles. The van der Waals surface area contributed by atoms with Crippen LogP contribution >= 0.6 is 0 Å². The van der Waals surface area contributed by atoms with Crippen LogP contribution in [0, 0.1) is 12.3 Å². The molecule has 0 spiro atoms. The Morgan fingerprint density at radius 1 is 1.56 bits per heavy atom. The topological polar surface area (TPSA) is 62.5 Å². The highest BCUT2D eigenvalue weighted by Crippen LogP contribution is 2.30. The quantitative estimate of drug-likeness (QED) is 0.807. The molecule has 0 saturated heterocycles. The predicted octanol–water partition coefficient (Wildman–Crippen LogP) is 2.35. The van der Waals surface area contributed by atoms with Crippen LogP contribution in [0.3, 0.4) is 0 Å². The Labute approximate surface area is 95.7 Å². The maximum Gasteiger partial charge on any atom is 0.309 e. The Hall–Kier alpha value is -1.29. The van der Waals surface area contributed by atoms with Crippen molar-refractivity contribution in [3.8, 4) is 0 Å². The van der Waals surface area contributed by atoms with E-state index in [-0.39, 0.29) is 6.04 Å². The first-order chi connectivity index (χ1) is 7.36. The van der Waals surface area contributed by atoms with Crippen LogP contribution in [-0.4, -0.2) is 18.1 Å². The number of carboxylic acids is 1. The lowest BCUT2D eigenvalue weighted by molar-refractivity contribution is -0.147. The monoisotopic (exact) mass is 225 g/mol. The zero-order valence-corrected chi connectivity index (χ0v) is 10.2. The van der Waals surface area contributed by atoms with Gasteiger partial charge in [-0.3, -0.25) is 4.79 Å². The third-order valence-electron chi connectivity index (χ3n) is 2.75. The summed E-state index contributed by atoms with van der Waals surface area (Å²) in [5.74, 6) is 0.828. The number of aliphatic carboxylic acids is 1. The summed E-state index contributed by atoms with van der Waals surface area (Å²) in [6.07, 6.45) is 0.492. The molecular formula is C12H19NO3. The number of aryl methyl sites for hydroxylation is 1. The Bertz CT molecular complexity index is 368. The van der Waals surface area contributed by atoms with Gasteiger partial charge in [0.05, 0.1) is 11.5 Å². The first kappa shape index (κ1) is 12.8. The molecule has 1 aromatic heterocycles. The molecule has 0 saturated carbocycles. The minimum absolute atomic E-state index is 0.0696. The molecule has 1 heterocycles. The molecule has 4 heteroatoms. The summed E-state index contributed by atoms with van der Waals surface area (Å²) in [6.45, 7) is 5.31. The highest BCUT2D eigenvalue weighted by Gasteiger charge is 2.31. The van der Waals surface area contributed by atoms with Crippen molar-refractivity contribution in [2.75, 3.05) is 7.05 Å². The average Bonchev–Trinajstić information content (AvgIpc) is 2.61. The van der Waals surface area contributed by atoms with Crippen molar-refractivity contribution >= 4 is 5.97 Å². The minimum atomic E-state index is -0.795. The molecule has 16 heavy (non-hydrogen) atoms. The van der Waals surface area contributed by atoms with Crippen LogP contribution < -0.4 is 5.32 Å². The van der Waals surface area contributed by atoms with Crippen LogP contribution in [0.4, 0.5) is 0 Å². The number of nitrogens with one attached hydrogen (secondary N) is 1. The third-order valence-corrected chi connectivity index (χ3v) is 2.75. The molecular weight excluding hydrogens is 206 g/mol. The Balaban J connectivity index is 2.81. The van der Waals surface area contributed by atoms with Crippen molar-refractivity contribution in [1.29, 1.82) is 0 Å². The summed E-state index contributed by atoms with van der Waals surface area (Å²) >= 11 is 0. The fourth-order valence-corrected chi connectivity index (χ4v) is 1.58. The molecule has 90 valence electrons. The van der Waals surface area contributed by atoms with E-state index < -0.39 is 11.4 Å². The van der Waals surface area contributed by atoms with E-state index in [0.29, 0.717) is 6.42 Å². The predicted molar refractivity (Wildman–Crippen MR) is 61.3 cm³/mol. The molecule has 0 aliphatic rings. The Kier molecular flexibility index (Phi) is 3.75. The van der Waals surface area contributed by atoms with E-state index in [4.69, 9.17) is 9.52 Å². The molecule has 1 aromatic rings. The van der Waals surface area contributed by atoms with Gasteiger partial charge >= 0.3 is 5.97 Å². The third kappa shape index (κ3) is 2.85. The van der Waals surface area contributed by atoms with Crippen LogP contribution in [0.1, 0.15) is 37.8 Å². The van der Waals surface area contributed by atoms with Crippen molar-refractivity contribution in [1.82, 2.24) is 5.32 Å². The van der Waals surface area contributed by atoms with Crippen molar-refractivity contribution in [2.24, 2.45) is 5.41 Å². The number of furan rings is 1. The number of hydrogen-bond donors (Lipinski definition) is 2. The van der Waals surface area contributed by atoms with E-state index in [0.717, 1.165) is 11.5 Å². The van der Waals surface area contributed by atoms with E-state index in [2.05, 4.69) is 5.32 Å². The maximum absolute atomic E-state index is 11.1. The van der Waals surface area contributed by atoms with Gasteiger partial charge in [-0.05, 0) is 46.4 Å². The molecule has 4 nitrogen and oxygen atoms in total. The number of carbonyl (C=O) groups is 1. The first-order valence-corrected chi connectivity index (χ1v) is 5.34. The smallest absolute Gasteiger partial charge is 0.309 e. The summed E-state index contributed by atoms with van der Waals surface area (Å²) in [5.41, 5.74) is -0.769. The van der Waals surface area contributed by atoms with Crippen LogP contribution in [0.15, 0.2) is 16.5 Å². The second-order valence-corrected chi connectivity index (χ2v) is 4.68. The number of carboxylic acid groups (broad SMARTS) is 1. The molecule has 0 fully saturated rings. The van der Waals surface area contributed by atoms with Gasteiger partial charge in [0.25, 0.3) is 0 Å². The maximum atomic E-state index is 11.1. The number of rotatable bonds is 5. The summed E-state index contributed by atoms with van der Waals surface area (Å²) in [4.78, 5) is 11.1. The van der Waals surface area contributed by atoms with Crippen molar-refractivity contribution < 1.29 is 14.3 Å². The van der Waals surface area contributed by atoms with Gasteiger partial charge in [0.1, 0.15) is 11.5 Å². The van der Waals surface area contributed by atoms with Gasteiger partial charge in [-0.1, -0.05) is 0 Å². The molecule has 1 unspecified atom stereocenters. The minimum Gasteiger partial charge on any atom is -0.481 e. The molecule has 0 amide bonds. The molecule has 2 N–H and O–H groups in total. The fraction of sp³-hybridized carbons (Fsp3) is 0.583. The summed E-state index contributed by atoms with van der Waals surface area (Å²) in [7, 11) is 1.81. The summed E-state index contributed by atoms with van der Waals surface area (Å²) in [5, 5.41) is 12.2. The fourth-order valence-electron chi connectivity index (χ4n) is 1.58. The number of hydrogen-bond acceptors (Lipinski definition) is 3. The van der Waals surface area contributed by atoms with E-state index in [1.165, 1.54) is 0 Å². The second-order valence-electron chi connectivity index (χ2n) is 4.68. The van der Waals surface area contributed by atoms with Gasteiger partial charge in [-0.25, -0.2) is 0 Å². The second kappa shape index (κ2) is 4.70. The Morgan fingerprint density at radius 2 is 2.19 bits per heavy atom. The van der Waals surface area contributed by atoms with Crippen molar-refractivity contribution in [3.63, 3.8) is 0 Å². The van der Waals surface area contributed by atoms with Crippen LogP contribution in [0.2, 0.25) is 0 Å². The van der Waals surface area contributed by atoms with Crippen molar-refractivity contribution in [3.05, 3.63) is 23.7 Å². The first-order valence-electron chi connectivity index (χ1n) is 5.34. The van der Waals surface area contributed by atoms with Crippen LogP contribution in [0.5, 0.6) is 0 Å². The normalized spacial score (nSPS) is 13.8. The van der Waals surface area contributed by atoms with E-state index in [1.807, 2.05) is 19.1 Å². The van der Waals surface area contributed by atoms with Gasteiger partial charge in [-0.15, -0.1) is 0 Å². The summed E-state index contributed by atoms with van der Waals surface area (Å²) < 4.78 is 5.51. The molecule has 1 rings (SSSR count). The highest BCUT2D eigenvalue weighted by atomic mass is 16.4. The SMILES string of the molecule is CNC(CC(C)(C)C(=O)O)c1ccc(C)o1. The molecule has 1 atom stereocenters. The van der Waals surface area contributed by atoms with Crippen LogP contribution in [0.25, 0.3) is 0 Å². The molecule has 0 radical (unpaired) electrons. The lowest BCUT2D eigenvalue weighted by atomic mass is 9.85.